The molecule has 21 heavy (non-hydrogen) atoms. The first-order valence-corrected chi connectivity index (χ1v) is 8.49. The standard InChI is InChI=1S/C16H19Br2NO2/c1-4-19-10(2)7-11-5-6-15(21-11)12-8-16(20-3)14(18)9-13(12)17/h5-6,8-10,19H,4,7H2,1-3H3. The summed E-state index contributed by atoms with van der Waals surface area (Å²) in [7, 11) is 1.66. The minimum atomic E-state index is 0.400. The van der Waals surface area contributed by atoms with E-state index in [4.69, 9.17) is 9.15 Å². The predicted octanol–water partition coefficient (Wildman–Crippen LogP) is 5.02. The highest BCUT2D eigenvalue weighted by atomic mass is 79.9. The third-order valence-electron chi connectivity index (χ3n) is 3.23. The highest BCUT2D eigenvalue weighted by Gasteiger charge is 2.13. The Kier molecular flexibility index (Phi) is 5.90. The van der Waals surface area contributed by atoms with Gasteiger partial charge in [0, 0.05) is 22.5 Å². The topological polar surface area (TPSA) is 34.4 Å². The van der Waals surface area contributed by atoms with Crippen molar-refractivity contribution in [3.05, 3.63) is 39.0 Å². The number of methoxy groups -OCH3 is 1. The van der Waals surface area contributed by atoms with Crippen molar-refractivity contribution in [3.63, 3.8) is 0 Å². The summed E-state index contributed by atoms with van der Waals surface area (Å²) in [5, 5.41) is 3.38. The summed E-state index contributed by atoms with van der Waals surface area (Å²) in [6.45, 7) is 5.23. The van der Waals surface area contributed by atoms with Gasteiger partial charge in [-0.3, -0.25) is 0 Å². The summed E-state index contributed by atoms with van der Waals surface area (Å²) in [4.78, 5) is 0. The highest BCUT2D eigenvalue weighted by Crippen LogP contribution is 2.37. The molecule has 0 aliphatic heterocycles. The molecule has 5 heteroatoms. The van der Waals surface area contributed by atoms with E-state index in [-0.39, 0.29) is 0 Å². The molecule has 1 aromatic carbocycles. The van der Waals surface area contributed by atoms with E-state index in [1.54, 1.807) is 7.11 Å². The summed E-state index contributed by atoms with van der Waals surface area (Å²) in [5.41, 5.74) is 0.984. The number of halogens is 2. The molecule has 1 atom stereocenters. The SMILES string of the molecule is CCNC(C)Cc1ccc(-c2cc(OC)c(Br)cc2Br)o1. The summed E-state index contributed by atoms with van der Waals surface area (Å²) < 4.78 is 13.2. The van der Waals surface area contributed by atoms with Crippen LogP contribution in [-0.2, 0) is 6.42 Å². The van der Waals surface area contributed by atoms with Crippen molar-refractivity contribution in [1.29, 1.82) is 0 Å². The van der Waals surface area contributed by atoms with Gasteiger partial charge in [0.05, 0.1) is 11.6 Å². The Morgan fingerprint density at radius 2 is 2.00 bits per heavy atom. The Hall–Kier alpha value is -0.780. The van der Waals surface area contributed by atoms with Gasteiger partial charge < -0.3 is 14.5 Å². The Morgan fingerprint density at radius 1 is 1.24 bits per heavy atom. The van der Waals surface area contributed by atoms with E-state index >= 15 is 0 Å². The minimum absolute atomic E-state index is 0.400. The number of likely N-dealkylation sites (N-methyl/N-ethyl adjacent to an activating group) is 1. The van der Waals surface area contributed by atoms with Gasteiger partial charge in [0.25, 0.3) is 0 Å². The van der Waals surface area contributed by atoms with Crippen LogP contribution in [0.1, 0.15) is 19.6 Å². The minimum Gasteiger partial charge on any atom is -0.496 e. The second-order valence-electron chi connectivity index (χ2n) is 4.90. The third-order valence-corrected chi connectivity index (χ3v) is 4.50. The number of ether oxygens (including phenoxy) is 1. The zero-order valence-electron chi connectivity index (χ0n) is 12.4. The van der Waals surface area contributed by atoms with Crippen molar-refractivity contribution in [1.82, 2.24) is 5.32 Å². The lowest BCUT2D eigenvalue weighted by Crippen LogP contribution is -2.27. The maximum atomic E-state index is 5.97. The van der Waals surface area contributed by atoms with E-state index in [2.05, 4.69) is 51.0 Å². The fourth-order valence-corrected chi connectivity index (χ4v) is 3.58. The van der Waals surface area contributed by atoms with Crippen LogP contribution >= 0.6 is 31.9 Å². The molecule has 0 fully saturated rings. The van der Waals surface area contributed by atoms with E-state index in [9.17, 15) is 0 Å². The molecule has 0 saturated heterocycles. The van der Waals surface area contributed by atoms with Crippen molar-refractivity contribution >= 4 is 31.9 Å². The van der Waals surface area contributed by atoms with E-state index in [0.717, 1.165) is 44.7 Å². The molecule has 0 saturated carbocycles. The van der Waals surface area contributed by atoms with Crippen LogP contribution in [0.5, 0.6) is 5.75 Å². The molecule has 0 aliphatic rings. The number of furan rings is 1. The Bertz CT molecular complexity index is 610. The molecular formula is C16H19Br2NO2. The van der Waals surface area contributed by atoms with Crippen LogP contribution in [0.25, 0.3) is 11.3 Å². The van der Waals surface area contributed by atoms with Crippen LogP contribution in [-0.4, -0.2) is 19.7 Å². The molecule has 2 rings (SSSR count). The lowest BCUT2D eigenvalue weighted by Gasteiger charge is -2.10. The van der Waals surface area contributed by atoms with Crippen molar-refractivity contribution in [3.8, 4) is 17.1 Å². The van der Waals surface area contributed by atoms with Crippen molar-refractivity contribution < 1.29 is 9.15 Å². The Morgan fingerprint density at radius 3 is 2.67 bits per heavy atom. The second kappa shape index (κ2) is 7.47. The number of rotatable bonds is 6. The highest BCUT2D eigenvalue weighted by molar-refractivity contribution is 9.11. The van der Waals surface area contributed by atoms with E-state index < -0.39 is 0 Å². The maximum absolute atomic E-state index is 5.97. The fraction of sp³-hybridized carbons (Fsp3) is 0.375. The van der Waals surface area contributed by atoms with Crippen molar-refractivity contribution in [2.24, 2.45) is 0 Å². The Balaban J connectivity index is 2.25. The number of benzene rings is 1. The first-order valence-electron chi connectivity index (χ1n) is 6.90. The first-order chi connectivity index (χ1) is 10.0. The molecule has 3 nitrogen and oxygen atoms in total. The molecule has 0 spiro atoms. The van der Waals surface area contributed by atoms with Crippen LogP contribution in [0, 0.1) is 0 Å². The Labute approximate surface area is 142 Å². The van der Waals surface area contributed by atoms with Crippen LogP contribution in [0.4, 0.5) is 0 Å². The number of nitrogens with one attached hydrogen (secondary N) is 1. The fourth-order valence-electron chi connectivity index (χ4n) is 2.23. The average molecular weight is 417 g/mol. The number of hydrogen-bond acceptors (Lipinski definition) is 3. The quantitative estimate of drug-likeness (QED) is 0.717. The van der Waals surface area contributed by atoms with Gasteiger partial charge in [-0.25, -0.2) is 0 Å². The molecule has 1 unspecified atom stereocenters. The smallest absolute Gasteiger partial charge is 0.135 e. The van der Waals surface area contributed by atoms with Crippen molar-refractivity contribution in [2.45, 2.75) is 26.3 Å². The van der Waals surface area contributed by atoms with E-state index in [0.29, 0.717) is 6.04 Å². The third kappa shape index (κ3) is 4.11. The zero-order valence-corrected chi connectivity index (χ0v) is 15.5. The van der Waals surface area contributed by atoms with E-state index in [1.807, 2.05) is 24.3 Å². The molecule has 1 heterocycles. The monoisotopic (exact) mass is 415 g/mol. The molecular weight excluding hydrogens is 398 g/mol. The van der Waals surface area contributed by atoms with Crippen LogP contribution < -0.4 is 10.1 Å². The van der Waals surface area contributed by atoms with Gasteiger partial charge in [0.1, 0.15) is 17.3 Å². The molecule has 1 N–H and O–H groups in total. The molecule has 0 amide bonds. The van der Waals surface area contributed by atoms with Crippen molar-refractivity contribution in [2.75, 3.05) is 13.7 Å². The predicted molar refractivity (Wildman–Crippen MR) is 92.9 cm³/mol. The first kappa shape index (κ1) is 16.6. The molecule has 0 aliphatic carbocycles. The zero-order chi connectivity index (χ0) is 15.4. The van der Waals surface area contributed by atoms with Gasteiger partial charge in [0.15, 0.2) is 0 Å². The summed E-state index contributed by atoms with van der Waals surface area (Å²) in [6, 6.07) is 8.37. The second-order valence-corrected chi connectivity index (χ2v) is 6.60. The van der Waals surface area contributed by atoms with Crippen LogP contribution in [0.3, 0.4) is 0 Å². The normalized spacial score (nSPS) is 12.4. The van der Waals surface area contributed by atoms with Gasteiger partial charge in [-0.2, -0.15) is 0 Å². The van der Waals surface area contributed by atoms with Crippen LogP contribution in [0.15, 0.2) is 37.6 Å². The maximum Gasteiger partial charge on any atom is 0.135 e. The molecule has 0 bridgehead atoms. The van der Waals surface area contributed by atoms with E-state index in [1.165, 1.54) is 0 Å². The largest absolute Gasteiger partial charge is 0.496 e. The molecule has 1 aromatic heterocycles. The molecule has 0 radical (unpaired) electrons. The summed E-state index contributed by atoms with van der Waals surface area (Å²) >= 11 is 7.05. The lowest BCUT2D eigenvalue weighted by molar-refractivity contribution is 0.412. The van der Waals surface area contributed by atoms with Gasteiger partial charge in [0.2, 0.25) is 0 Å². The molecule has 2 aromatic rings. The van der Waals surface area contributed by atoms with Gasteiger partial charge in [-0.05, 0) is 69.6 Å². The van der Waals surface area contributed by atoms with Gasteiger partial charge >= 0.3 is 0 Å². The van der Waals surface area contributed by atoms with Crippen LogP contribution in [0.2, 0.25) is 0 Å². The lowest BCUT2D eigenvalue weighted by atomic mass is 10.1. The number of hydrogen-bond donors (Lipinski definition) is 1. The summed E-state index contributed by atoms with van der Waals surface area (Å²) in [5.74, 6) is 2.60. The summed E-state index contributed by atoms with van der Waals surface area (Å²) in [6.07, 6.45) is 0.874. The van der Waals surface area contributed by atoms with Gasteiger partial charge in [-0.1, -0.05) is 6.92 Å². The molecule has 114 valence electrons. The van der Waals surface area contributed by atoms with Gasteiger partial charge in [-0.15, -0.1) is 0 Å². The average Bonchev–Trinajstić information content (AvgIpc) is 2.87.